The number of fused-ring (bicyclic) bond motifs is 1. The van der Waals surface area contributed by atoms with Crippen molar-refractivity contribution in [2.75, 3.05) is 22.9 Å². The van der Waals surface area contributed by atoms with Gasteiger partial charge in [0.2, 0.25) is 0 Å². The first-order valence-corrected chi connectivity index (χ1v) is 10.6. The van der Waals surface area contributed by atoms with Gasteiger partial charge in [-0.15, -0.1) is 0 Å². The molecule has 1 N–H and O–H groups in total. The molecule has 2 atom stereocenters. The topological polar surface area (TPSA) is 26.7 Å². The van der Waals surface area contributed by atoms with Crippen LogP contribution in [0.15, 0.2) is 78.9 Å². The quantitative estimate of drug-likeness (QED) is 0.441. The van der Waals surface area contributed by atoms with Crippen LogP contribution in [0.4, 0.5) is 37.7 Å². The lowest BCUT2D eigenvalue weighted by Gasteiger charge is -2.45. The van der Waals surface area contributed by atoms with Gasteiger partial charge in [0.25, 0.3) is 0 Å². The molecule has 9 heteroatoms. The molecule has 180 valence electrons. The molecule has 0 saturated carbocycles. The summed E-state index contributed by atoms with van der Waals surface area (Å²) in [6.07, 6.45) is -11.8. The van der Waals surface area contributed by atoms with Gasteiger partial charge in [0, 0.05) is 13.1 Å². The first kappa shape index (κ1) is 23.9. The summed E-state index contributed by atoms with van der Waals surface area (Å²) in [6, 6.07) is 20.1. The first-order valence-electron chi connectivity index (χ1n) is 10.6. The lowest BCUT2D eigenvalue weighted by molar-refractivity contribution is -0.200. The van der Waals surface area contributed by atoms with E-state index in [4.69, 9.17) is 0 Å². The van der Waals surface area contributed by atoms with Crippen LogP contribution in [0.25, 0.3) is 0 Å². The molecule has 3 aromatic carbocycles. The van der Waals surface area contributed by atoms with Gasteiger partial charge in [-0.2, -0.15) is 26.3 Å². The number of nitrogens with zero attached hydrogens (tertiary/aromatic N) is 2. The minimum Gasteiger partial charge on any atom is -0.382 e. The van der Waals surface area contributed by atoms with Crippen LogP contribution in [-0.2, 0) is 12.7 Å². The molecule has 0 saturated heterocycles. The maximum atomic E-state index is 13.2. The summed E-state index contributed by atoms with van der Waals surface area (Å²) >= 11 is 0. The average Bonchev–Trinajstić information content (AvgIpc) is 2.80. The van der Waals surface area contributed by atoms with Crippen molar-refractivity contribution in [2.24, 2.45) is 0 Å². The molecule has 1 heterocycles. The van der Waals surface area contributed by atoms with Gasteiger partial charge in [0.15, 0.2) is 6.10 Å². The second-order valence-corrected chi connectivity index (χ2v) is 8.20. The van der Waals surface area contributed by atoms with E-state index in [0.29, 0.717) is 16.9 Å². The number of benzene rings is 3. The van der Waals surface area contributed by atoms with Crippen molar-refractivity contribution in [1.29, 1.82) is 0 Å². The van der Waals surface area contributed by atoms with E-state index >= 15 is 0 Å². The second kappa shape index (κ2) is 9.21. The molecule has 0 bridgehead atoms. The van der Waals surface area contributed by atoms with E-state index in [1.807, 2.05) is 4.90 Å². The van der Waals surface area contributed by atoms with Crippen LogP contribution in [-0.4, -0.2) is 30.5 Å². The molecular formula is C25H22F6N2O. The molecule has 0 amide bonds. The van der Waals surface area contributed by atoms with Crippen molar-refractivity contribution >= 4 is 11.4 Å². The highest BCUT2D eigenvalue weighted by Gasteiger charge is 2.42. The van der Waals surface area contributed by atoms with Crippen LogP contribution >= 0.6 is 0 Å². The molecule has 1 aliphatic rings. The molecule has 0 aliphatic carbocycles. The number of anilines is 2. The van der Waals surface area contributed by atoms with Gasteiger partial charge < -0.3 is 14.9 Å². The molecule has 3 nitrogen and oxygen atoms in total. The predicted octanol–water partition coefficient (Wildman–Crippen LogP) is 6.20. The third kappa shape index (κ3) is 5.14. The number of rotatable bonds is 5. The minimum absolute atomic E-state index is 0.139. The van der Waals surface area contributed by atoms with E-state index < -0.39 is 36.6 Å². The van der Waals surface area contributed by atoms with E-state index in [2.05, 4.69) is 0 Å². The van der Waals surface area contributed by atoms with Crippen molar-refractivity contribution in [3.8, 4) is 0 Å². The van der Waals surface area contributed by atoms with Crippen molar-refractivity contribution < 1.29 is 31.4 Å². The van der Waals surface area contributed by atoms with Gasteiger partial charge in [0.05, 0.1) is 29.5 Å². The standard InChI is InChI=1S/C25H22F6N2O/c26-24(27,28)19-10-6-7-17(13-19)14-32-15-22(18-8-2-1-3-9-18)33(16-23(34)25(29,30)31)21-12-5-4-11-20(21)32/h1-13,22-23,34H,14-16H2/t22?,23-/m1/s1. The maximum absolute atomic E-state index is 13.2. The Kier molecular flexibility index (Phi) is 6.49. The summed E-state index contributed by atoms with van der Waals surface area (Å²) in [7, 11) is 0. The maximum Gasteiger partial charge on any atom is 0.416 e. The Morgan fingerprint density at radius 2 is 1.47 bits per heavy atom. The largest absolute Gasteiger partial charge is 0.416 e. The molecule has 0 spiro atoms. The van der Waals surface area contributed by atoms with Crippen molar-refractivity contribution in [3.63, 3.8) is 0 Å². The Morgan fingerprint density at radius 1 is 0.824 bits per heavy atom. The predicted molar refractivity (Wildman–Crippen MR) is 118 cm³/mol. The zero-order chi connectivity index (χ0) is 24.5. The summed E-state index contributed by atoms with van der Waals surface area (Å²) in [4.78, 5) is 3.38. The van der Waals surface area contributed by atoms with Gasteiger partial charge in [-0.25, -0.2) is 0 Å². The summed E-state index contributed by atoms with van der Waals surface area (Å²) in [5.41, 5.74) is 1.46. The van der Waals surface area contributed by atoms with Gasteiger partial charge in [0.1, 0.15) is 0 Å². The van der Waals surface area contributed by atoms with Crippen molar-refractivity contribution in [3.05, 3.63) is 95.6 Å². The van der Waals surface area contributed by atoms with Crippen molar-refractivity contribution in [2.45, 2.75) is 31.0 Å². The number of hydrogen-bond acceptors (Lipinski definition) is 3. The molecule has 0 radical (unpaired) electrons. The van der Waals surface area contributed by atoms with Crippen LogP contribution < -0.4 is 9.80 Å². The summed E-state index contributed by atoms with van der Waals surface area (Å²) in [5, 5.41) is 9.85. The smallest absolute Gasteiger partial charge is 0.382 e. The zero-order valence-corrected chi connectivity index (χ0v) is 17.9. The Morgan fingerprint density at radius 3 is 2.12 bits per heavy atom. The summed E-state index contributed by atoms with van der Waals surface area (Å²) in [6.45, 7) is -0.306. The van der Waals surface area contributed by atoms with Crippen LogP contribution in [0.3, 0.4) is 0 Å². The molecule has 34 heavy (non-hydrogen) atoms. The second-order valence-electron chi connectivity index (χ2n) is 8.20. The summed E-state index contributed by atoms with van der Waals surface area (Å²) in [5.74, 6) is 0. The highest BCUT2D eigenvalue weighted by molar-refractivity contribution is 5.74. The Bertz CT molecular complexity index is 1120. The monoisotopic (exact) mass is 480 g/mol. The number of aliphatic hydroxyl groups is 1. The third-order valence-electron chi connectivity index (χ3n) is 5.86. The fourth-order valence-electron chi connectivity index (χ4n) is 4.24. The minimum atomic E-state index is -4.79. The van der Waals surface area contributed by atoms with E-state index in [-0.39, 0.29) is 13.1 Å². The summed E-state index contributed by atoms with van der Waals surface area (Å²) < 4.78 is 79.3. The Hall–Kier alpha value is -3.20. The molecule has 1 aliphatic heterocycles. The van der Waals surface area contributed by atoms with Crippen LogP contribution in [0.5, 0.6) is 0 Å². The normalized spacial score (nSPS) is 17.4. The molecule has 0 fully saturated rings. The fourth-order valence-corrected chi connectivity index (χ4v) is 4.24. The number of aliphatic hydroxyl groups excluding tert-OH is 1. The number of alkyl halides is 6. The van der Waals surface area contributed by atoms with Crippen LogP contribution in [0.1, 0.15) is 22.7 Å². The fraction of sp³-hybridized carbons (Fsp3) is 0.280. The van der Waals surface area contributed by atoms with E-state index in [0.717, 1.165) is 17.7 Å². The van der Waals surface area contributed by atoms with Crippen molar-refractivity contribution in [1.82, 2.24) is 0 Å². The molecule has 4 rings (SSSR count). The van der Waals surface area contributed by atoms with Crippen LogP contribution in [0.2, 0.25) is 0 Å². The van der Waals surface area contributed by atoms with E-state index in [1.165, 1.54) is 11.0 Å². The first-order chi connectivity index (χ1) is 16.0. The van der Waals surface area contributed by atoms with Gasteiger partial charge in [-0.3, -0.25) is 0 Å². The highest BCUT2D eigenvalue weighted by Crippen LogP contribution is 2.42. The van der Waals surface area contributed by atoms with Gasteiger partial charge in [-0.05, 0) is 35.4 Å². The van der Waals surface area contributed by atoms with E-state index in [1.54, 1.807) is 60.7 Å². The van der Waals surface area contributed by atoms with Crippen LogP contribution in [0, 0.1) is 0 Å². The SMILES string of the molecule is O[C@H](CN1c2ccccc2N(Cc2cccc(C(F)(F)F)c2)CC1c1ccccc1)C(F)(F)F. The average molecular weight is 480 g/mol. The third-order valence-corrected chi connectivity index (χ3v) is 5.86. The lowest BCUT2D eigenvalue weighted by atomic mass is 9.98. The molecule has 1 unspecified atom stereocenters. The van der Waals surface area contributed by atoms with Gasteiger partial charge >= 0.3 is 12.4 Å². The number of para-hydroxylation sites is 2. The number of hydrogen-bond donors (Lipinski definition) is 1. The lowest BCUT2D eigenvalue weighted by Crippen LogP contribution is -2.49. The zero-order valence-electron chi connectivity index (χ0n) is 17.9. The molecule has 0 aromatic heterocycles. The number of halogens is 6. The molecular weight excluding hydrogens is 458 g/mol. The molecule has 3 aromatic rings. The highest BCUT2D eigenvalue weighted by atomic mass is 19.4. The van der Waals surface area contributed by atoms with E-state index in [9.17, 15) is 31.4 Å². The Balaban J connectivity index is 1.74. The number of β-amino-alcohol motifs (C(OH)–C–C–N with tert-alkyl or cyclic N) is 1. The Labute approximate surface area is 192 Å². The van der Waals surface area contributed by atoms with Gasteiger partial charge in [-0.1, -0.05) is 54.6 Å².